The van der Waals surface area contributed by atoms with Crippen LogP contribution >= 0.6 is 11.6 Å². The quantitative estimate of drug-likeness (QED) is 0.492. The summed E-state index contributed by atoms with van der Waals surface area (Å²) < 4.78 is 15.4. The first-order valence-electron chi connectivity index (χ1n) is 4.79. The van der Waals surface area contributed by atoms with Crippen molar-refractivity contribution in [3.05, 3.63) is 17.7 Å². The summed E-state index contributed by atoms with van der Waals surface area (Å²) in [5, 5.41) is 0. The third kappa shape index (κ3) is 2.62. The van der Waals surface area contributed by atoms with Crippen LogP contribution in [0.25, 0.3) is 0 Å². The molecule has 1 rings (SSSR count). The van der Waals surface area contributed by atoms with E-state index in [0.29, 0.717) is 11.5 Å². The number of hydrogen-bond donors (Lipinski definition) is 1. The molecular formula is C11H14ClNO4. The highest BCUT2D eigenvalue weighted by Gasteiger charge is 2.23. The van der Waals surface area contributed by atoms with Gasteiger partial charge >= 0.3 is 0 Å². The Hall–Kier alpha value is -1.46. The fourth-order valence-electron chi connectivity index (χ4n) is 1.44. The molecule has 2 N–H and O–H groups in total. The van der Waals surface area contributed by atoms with Gasteiger partial charge in [-0.05, 0) is 12.1 Å². The van der Waals surface area contributed by atoms with Gasteiger partial charge in [0.05, 0.1) is 26.9 Å². The maximum Gasteiger partial charge on any atom is 0.204 e. The highest BCUT2D eigenvalue weighted by atomic mass is 35.5. The number of hydrogen-bond acceptors (Lipinski definition) is 5. The first-order valence-corrected chi connectivity index (χ1v) is 5.23. The Morgan fingerprint density at radius 2 is 1.76 bits per heavy atom. The fraction of sp³-hybridized carbons (Fsp3) is 0.364. The first-order chi connectivity index (χ1) is 8.06. The first kappa shape index (κ1) is 13.6. The highest BCUT2D eigenvalue weighted by Crippen LogP contribution is 2.40. The summed E-state index contributed by atoms with van der Waals surface area (Å²) in [6, 6.07) is 3.12. The smallest absolute Gasteiger partial charge is 0.204 e. The standard InChI is InChI=1S/C11H14ClNO4/c1-15-7-5-4-6(8(14)11(12)13)9(16-2)10(7)17-3/h4-5,11H,13H2,1-3H3. The van der Waals surface area contributed by atoms with E-state index in [0.717, 1.165) is 0 Å². The molecular weight excluding hydrogens is 246 g/mol. The summed E-state index contributed by atoms with van der Waals surface area (Å²) in [6.45, 7) is 0. The molecule has 0 aromatic heterocycles. The Labute approximate surface area is 104 Å². The van der Waals surface area contributed by atoms with Gasteiger partial charge in [0, 0.05) is 0 Å². The van der Waals surface area contributed by atoms with Crippen LogP contribution in [0.3, 0.4) is 0 Å². The minimum atomic E-state index is -1.12. The van der Waals surface area contributed by atoms with Crippen LogP contribution < -0.4 is 19.9 Å². The number of ether oxygens (including phenoxy) is 3. The van der Waals surface area contributed by atoms with Crippen LogP contribution in [-0.4, -0.2) is 32.6 Å². The number of Topliss-reactive ketones (excluding diaryl/α,β-unsaturated/α-hetero) is 1. The van der Waals surface area contributed by atoms with E-state index < -0.39 is 11.3 Å². The summed E-state index contributed by atoms with van der Waals surface area (Å²) in [5.74, 6) is 0.611. The summed E-state index contributed by atoms with van der Waals surface area (Å²) >= 11 is 5.56. The summed E-state index contributed by atoms with van der Waals surface area (Å²) in [4.78, 5) is 11.8. The van der Waals surface area contributed by atoms with E-state index in [1.165, 1.54) is 27.4 Å². The second kappa shape index (κ2) is 5.75. The summed E-state index contributed by atoms with van der Waals surface area (Å²) in [5.41, 5.74) is 4.48. The van der Waals surface area contributed by atoms with E-state index in [9.17, 15) is 4.79 Å². The van der Waals surface area contributed by atoms with Crippen LogP contribution in [0.4, 0.5) is 0 Å². The average Bonchev–Trinajstić information content (AvgIpc) is 2.35. The van der Waals surface area contributed by atoms with E-state index in [1.807, 2.05) is 0 Å². The minimum Gasteiger partial charge on any atom is -0.493 e. The Morgan fingerprint density at radius 3 is 2.18 bits per heavy atom. The third-order valence-electron chi connectivity index (χ3n) is 2.22. The fourth-order valence-corrected chi connectivity index (χ4v) is 1.56. The van der Waals surface area contributed by atoms with E-state index in [2.05, 4.69) is 0 Å². The van der Waals surface area contributed by atoms with Crippen molar-refractivity contribution >= 4 is 17.4 Å². The van der Waals surface area contributed by atoms with Gasteiger partial charge in [-0.3, -0.25) is 4.79 Å². The second-order valence-electron chi connectivity index (χ2n) is 3.15. The maximum atomic E-state index is 11.8. The monoisotopic (exact) mass is 259 g/mol. The molecule has 0 bridgehead atoms. The third-order valence-corrected chi connectivity index (χ3v) is 2.42. The molecule has 0 aliphatic rings. The molecule has 0 amide bonds. The zero-order valence-electron chi connectivity index (χ0n) is 9.82. The minimum absolute atomic E-state index is 0.257. The van der Waals surface area contributed by atoms with Gasteiger partial charge < -0.3 is 19.9 Å². The van der Waals surface area contributed by atoms with E-state index in [4.69, 9.17) is 31.5 Å². The molecule has 0 aliphatic heterocycles. The number of carbonyl (C=O) groups excluding carboxylic acids is 1. The molecule has 0 heterocycles. The molecule has 6 heteroatoms. The van der Waals surface area contributed by atoms with E-state index in [1.54, 1.807) is 6.07 Å². The Balaban J connectivity index is 3.38. The van der Waals surface area contributed by atoms with Crippen LogP contribution in [-0.2, 0) is 0 Å². The molecule has 0 radical (unpaired) electrons. The summed E-state index contributed by atoms with van der Waals surface area (Å²) in [6.07, 6.45) is 0. The molecule has 0 spiro atoms. The van der Waals surface area contributed by atoms with Gasteiger partial charge in [-0.25, -0.2) is 0 Å². The number of methoxy groups -OCH3 is 3. The zero-order chi connectivity index (χ0) is 13.0. The molecule has 1 atom stereocenters. The highest BCUT2D eigenvalue weighted by molar-refractivity contribution is 6.33. The Kier molecular flexibility index (Phi) is 4.60. The lowest BCUT2D eigenvalue weighted by atomic mass is 10.1. The van der Waals surface area contributed by atoms with Crippen molar-refractivity contribution in [3.8, 4) is 17.2 Å². The van der Waals surface area contributed by atoms with Gasteiger partial charge in [0.2, 0.25) is 5.75 Å². The SMILES string of the molecule is COc1ccc(C(=O)C(N)Cl)c(OC)c1OC. The maximum absolute atomic E-state index is 11.8. The number of ketones is 1. The second-order valence-corrected chi connectivity index (χ2v) is 3.62. The lowest BCUT2D eigenvalue weighted by molar-refractivity contribution is 0.0984. The molecule has 5 nitrogen and oxygen atoms in total. The van der Waals surface area contributed by atoms with Gasteiger partial charge in [0.25, 0.3) is 0 Å². The van der Waals surface area contributed by atoms with Crippen molar-refractivity contribution in [2.24, 2.45) is 5.73 Å². The predicted octanol–water partition coefficient (Wildman–Crippen LogP) is 1.42. The summed E-state index contributed by atoms with van der Waals surface area (Å²) in [7, 11) is 4.37. The van der Waals surface area contributed by atoms with Crippen molar-refractivity contribution in [2.45, 2.75) is 5.50 Å². The van der Waals surface area contributed by atoms with Gasteiger partial charge in [-0.1, -0.05) is 11.6 Å². The van der Waals surface area contributed by atoms with Crippen LogP contribution in [0.1, 0.15) is 10.4 Å². The van der Waals surface area contributed by atoms with Crippen LogP contribution in [0.2, 0.25) is 0 Å². The van der Waals surface area contributed by atoms with Crippen LogP contribution in [0, 0.1) is 0 Å². The number of halogens is 1. The molecule has 1 unspecified atom stereocenters. The molecule has 94 valence electrons. The average molecular weight is 260 g/mol. The topological polar surface area (TPSA) is 70.8 Å². The van der Waals surface area contributed by atoms with Crippen molar-refractivity contribution < 1.29 is 19.0 Å². The van der Waals surface area contributed by atoms with E-state index in [-0.39, 0.29) is 11.3 Å². The number of nitrogens with two attached hydrogens (primary N) is 1. The van der Waals surface area contributed by atoms with Crippen molar-refractivity contribution in [3.63, 3.8) is 0 Å². The van der Waals surface area contributed by atoms with Crippen molar-refractivity contribution in [2.75, 3.05) is 21.3 Å². The molecule has 0 saturated carbocycles. The van der Waals surface area contributed by atoms with Gasteiger partial charge in [0.15, 0.2) is 17.3 Å². The Bertz CT molecular complexity index is 420. The number of carbonyl (C=O) groups is 1. The number of benzene rings is 1. The van der Waals surface area contributed by atoms with Gasteiger partial charge in [-0.2, -0.15) is 0 Å². The molecule has 1 aromatic rings. The van der Waals surface area contributed by atoms with Gasteiger partial charge in [-0.15, -0.1) is 0 Å². The normalized spacial score (nSPS) is 11.8. The largest absolute Gasteiger partial charge is 0.493 e. The van der Waals surface area contributed by atoms with Crippen LogP contribution in [0.5, 0.6) is 17.2 Å². The molecule has 0 aliphatic carbocycles. The zero-order valence-corrected chi connectivity index (χ0v) is 10.6. The number of rotatable bonds is 5. The van der Waals surface area contributed by atoms with Crippen LogP contribution in [0.15, 0.2) is 12.1 Å². The van der Waals surface area contributed by atoms with E-state index >= 15 is 0 Å². The van der Waals surface area contributed by atoms with Gasteiger partial charge in [0.1, 0.15) is 5.50 Å². The predicted molar refractivity (Wildman–Crippen MR) is 64.3 cm³/mol. The number of alkyl halides is 1. The van der Waals surface area contributed by atoms with Crippen molar-refractivity contribution in [1.82, 2.24) is 0 Å². The lowest BCUT2D eigenvalue weighted by Gasteiger charge is -2.15. The molecule has 1 aromatic carbocycles. The van der Waals surface area contributed by atoms with Crippen molar-refractivity contribution in [1.29, 1.82) is 0 Å². The molecule has 17 heavy (non-hydrogen) atoms. The Morgan fingerprint density at radius 1 is 1.18 bits per heavy atom. The molecule has 0 saturated heterocycles. The molecule has 0 fully saturated rings. The lowest BCUT2D eigenvalue weighted by Crippen LogP contribution is -2.24.